The molecule has 0 fully saturated rings. The van der Waals surface area contributed by atoms with Gasteiger partial charge in [0.1, 0.15) is 18.1 Å². The third-order valence-corrected chi connectivity index (χ3v) is 1.29. The van der Waals surface area contributed by atoms with Crippen LogP contribution in [0.2, 0.25) is 0 Å². The maximum absolute atomic E-state index is 8.23. The van der Waals surface area contributed by atoms with Crippen molar-refractivity contribution < 1.29 is 9.15 Å². The summed E-state index contributed by atoms with van der Waals surface area (Å²) in [5, 5.41) is 8.23. The number of nitriles is 1. The lowest BCUT2D eigenvalue weighted by molar-refractivity contribution is 0.164. The molecular formula is C9H9NO2. The summed E-state index contributed by atoms with van der Waals surface area (Å²) < 4.78 is 10.1. The lowest BCUT2D eigenvalue weighted by Gasteiger charge is -1.90. The summed E-state index contributed by atoms with van der Waals surface area (Å²) in [5.41, 5.74) is 0. The van der Waals surface area contributed by atoms with E-state index in [9.17, 15) is 0 Å². The van der Waals surface area contributed by atoms with E-state index in [2.05, 4.69) is 0 Å². The molecule has 0 saturated carbocycles. The molecule has 1 heterocycles. The third-order valence-electron chi connectivity index (χ3n) is 1.29. The minimum Gasteiger partial charge on any atom is -0.459 e. The number of hydrogen-bond donors (Lipinski definition) is 0. The monoisotopic (exact) mass is 163 g/mol. The number of nitrogens with zero attached hydrogens (tertiary/aromatic N) is 1. The molecule has 0 saturated heterocycles. The maximum Gasteiger partial charge on any atom is 0.130 e. The molecule has 1 aromatic rings. The summed E-state index contributed by atoms with van der Waals surface area (Å²) in [6.45, 7) is 0.459. The summed E-state index contributed by atoms with van der Waals surface area (Å²) >= 11 is 0. The fourth-order valence-electron chi connectivity index (χ4n) is 0.823. The average molecular weight is 163 g/mol. The fraction of sp³-hybridized carbons (Fsp3) is 0.222. The van der Waals surface area contributed by atoms with Gasteiger partial charge in [0, 0.05) is 13.2 Å². The predicted octanol–water partition coefficient (Wildman–Crippen LogP) is 1.96. The first-order valence-corrected chi connectivity index (χ1v) is 3.50. The molecule has 0 atom stereocenters. The van der Waals surface area contributed by atoms with Gasteiger partial charge in [0.25, 0.3) is 0 Å². The molecule has 1 rings (SSSR count). The average Bonchev–Trinajstić information content (AvgIpc) is 2.50. The molecule has 0 radical (unpaired) electrons. The van der Waals surface area contributed by atoms with Crippen LogP contribution >= 0.6 is 0 Å². The van der Waals surface area contributed by atoms with E-state index >= 15 is 0 Å². The number of methoxy groups -OCH3 is 1. The van der Waals surface area contributed by atoms with E-state index in [0.717, 1.165) is 5.76 Å². The normalized spacial score (nSPS) is 10.3. The highest BCUT2D eigenvalue weighted by atomic mass is 16.5. The first-order valence-electron chi connectivity index (χ1n) is 3.50. The van der Waals surface area contributed by atoms with Gasteiger partial charge in [-0.25, -0.2) is 0 Å². The zero-order valence-corrected chi connectivity index (χ0v) is 6.78. The van der Waals surface area contributed by atoms with Gasteiger partial charge in [0.05, 0.1) is 6.07 Å². The first-order chi connectivity index (χ1) is 5.86. The molecule has 0 spiro atoms. The topological polar surface area (TPSA) is 46.2 Å². The molecular weight excluding hydrogens is 154 g/mol. The van der Waals surface area contributed by atoms with Gasteiger partial charge in [-0.15, -0.1) is 0 Å². The predicted molar refractivity (Wildman–Crippen MR) is 44.1 cm³/mol. The molecule has 0 unspecified atom stereocenters. The standard InChI is InChI=1S/C9H9NO2/c1-11-7-9-5-4-8(12-9)3-2-6-10/h2-5H,7H2,1H3. The molecule has 0 aliphatic rings. The maximum atomic E-state index is 8.23. The smallest absolute Gasteiger partial charge is 0.130 e. The Balaban J connectivity index is 2.65. The minimum absolute atomic E-state index is 0.459. The van der Waals surface area contributed by atoms with Crippen LogP contribution in [-0.2, 0) is 11.3 Å². The van der Waals surface area contributed by atoms with Crippen molar-refractivity contribution in [3.8, 4) is 6.07 Å². The highest BCUT2D eigenvalue weighted by Gasteiger charge is 1.96. The Morgan fingerprint density at radius 3 is 3.17 bits per heavy atom. The molecule has 3 nitrogen and oxygen atoms in total. The second-order valence-electron chi connectivity index (χ2n) is 2.20. The van der Waals surface area contributed by atoms with Crippen LogP contribution in [0.3, 0.4) is 0 Å². The quantitative estimate of drug-likeness (QED) is 0.640. The van der Waals surface area contributed by atoms with Gasteiger partial charge in [-0.2, -0.15) is 5.26 Å². The van der Waals surface area contributed by atoms with Gasteiger partial charge >= 0.3 is 0 Å². The summed E-state index contributed by atoms with van der Waals surface area (Å²) in [6, 6.07) is 5.50. The lowest BCUT2D eigenvalue weighted by Crippen LogP contribution is -1.81. The molecule has 0 bridgehead atoms. The molecule has 62 valence electrons. The van der Waals surface area contributed by atoms with Crippen LogP contribution in [0.15, 0.2) is 22.6 Å². The van der Waals surface area contributed by atoms with Crippen molar-refractivity contribution in [3.05, 3.63) is 29.7 Å². The van der Waals surface area contributed by atoms with Crippen LogP contribution in [0.4, 0.5) is 0 Å². The summed E-state index contributed by atoms with van der Waals surface area (Å²) in [5.74, 6) is 1.43. The highest BCUT2D eigenvalue weighted by Crippen LogP contribution is 2.09. The lowest BCUT2D eigenvalue weighted by atomic mass is 10.4. The van der Waals surface area contributed by atoms with Gasteiger partial charge in [-0.05, 0) is 18.2 Å². The van der Waals surface area contributed by atoms with Crippen LogP contribution in [0, 0.1) is 11.3 Å². The van der Waals surface area contributed by atoms with Crippen molar-refractivity contribution >= 4 is 6.08 Å². The highest BCUT2D eigenvalue weighted by molar-refractivity contribution is 5.46. The van der Waals surface area contributed by atoms with Crippen LogP contribution < -0.4 is 0 Å². The van der Waals surface area contributed by atoms with E-state index in [1.165, 1.54) is 6.08 Å². The van der Waals surface area contributed by atoms with Crippen LogP contribution in [0.25, 0.3) is 6.08 Å². The molecule has 3 heteroatoms. The Kier molecular flexibility index (Phi) is 3.12. The fourth-order valence-corrected chi connectivity index (χ4v) is 0.823. The molecule has 0 aliphatic heterocycles. The van der Waals surface area contributed by atoms with Crippen molar-refractivity contribution in [3.63, 3.8) is 0 Å². The molecule has 12 heavy (non-hydrogen) atoms. The number of rotatable bonds is 3. The number of hydrogen-bond acceptors (Lipinski definition) is 3. The van der Waals surface area contributed by atoms with Crippen molar-refractivity contribution in [2.75, 3.05) is 7.11 Å². The van der Waals surface area contributed by atoms with Gasteiger partial charge in [-0.3, -0.25) is 0 Å². The van der Waals surface area contributed by atoms with Crippen LogP contribution in [-0.4, -0.2) is 7.11 Å². The van der Waals surface area contributed by atoms with E-state index in [0.29, 0.717) is 12.4 Å². The third kappa shape index (κ3) is 2.26. The van der Waals surface area contributed by atoms with Gasteiger partial charge in [-0.1, -0.05) is 0 Å². The van der Waals surface area contributed by atoms with E-state index < -0.39 is 0 Å². The zero-order chi connectivity index (χ0) is 8.81. The van der Waals surface area contributed by atoms with E-state index in [-0.39, 0.29) is 0 Å². The Morgan fingerprint density at radius 2 is 2.50 bits per heavy atom. The van der Waals surface area contributed by atoms with E-state index in [4.69, 9.17) is 14.4 Å². The summed E-state index contributed by atoms with van der Waals surface area (Å²) in [6.07, 6.45) is 2.98. The molecule has 0 N–H and O–H groups in total. The Labute approximate surface area is 70.9 Å². The van der Waals surface area contributed by atoms with E-state index in [1.54, 1.807) is 19.3 Å². The number of furan rings is 1. The Hall–Kier alpha value is -1.53. The van der Waals surface area contributed by atoms with Crippen molar-refractivity contribution in [1.29, 1.82) is 5.26 Å². The summed E-state index contributed by atoms with van der Waals surface area (Å²) in [4.78, 5) is 0. The van der Waals surface area contributed by atoms with E-state index in [1.807, 2.05) is 12.1 Å². The second kappa shape index (κ2) is 4.37. The summed E-state index contributed by atoms with van der Waals surface area (Å²) in [7, 11) is 1.60. The van der Waals surface area contributed by atoms with Gasteiger partial charge < -0.3 is 9.15 Å². The Morgan fingerprint density at radius 1 is 1.67 bits per heavy atom. The largest absolute Gasteiger partial charge is 0.459 e. The second-order valence-corrected chi connectivity index (χ2v) is 2.20. The molecule has 0 aromatic carbocycles. The van der Waals surface area contributed by atoms with Crippen molar-refractivity contribution in [2.45, 2.75) is 6.61 Å². The Bertz CT molecular complexity index is 307. The molecule has 1 aromatic heterocycles. The van der Waals surface area contributed by atoms with Crippen LogP contribution in [0.1, 0.15) is 11.5 Å². The van der Waals surface area contributed by atoms with Crippen molar-refractivity contribution in [1.82, 2.24) is 0 Å². The first kappa shape index (κ1) is 8.57. The van der Waals surface area contributed by atoms with Crippen LogP contribution in [0.5, 0.6) is 0 Å². The van der Waals surface area contributed by atoms with Gasteiger partial charge in [0.15, 0.2) is 0 Å². The minimum atomic E-state index is 0.459. The molecule has 0 aliphatic carbocycles. The van der Waals surface area contributed by atoms with Crippen molar-refractivity contribution in [2.24, 2.45) is 0 Å². The number of ether oxygens (including phenoxy) is 1. The SMILES string of the molecule is COCc1ccc(C=CC#N)o1. The molecule has 0 amide bonds. The number of allylic oxidation sites excluding steroid dienone is 1. The van der Waals surface area contributed by atoms with Gasteiger partial charge in [0.2, 0.25) is 0 Å². The zero-order valence-electron chi connectivity index (χ0n) is 6.78.